The molecule has 0 atom stereocenters. The lowest BCUT2D eigenvalue weighted by Gasteiger charge is -2.09. The van der Waals surface area contributed by atoms with E-state index in [0.717, 1.165) is 11.2 Å². The van der Waals surface area contributed by atoms with Crippen LogP contribution in [0.15, 0.2) is 59.5 Å². The van der Waals surface area contributed by atoms with Crippen LogP contribution in [0.3, 0.4) is 0 Å². The van der Waals surface area contributed by atoms with Gasteiger partial charge in [-0.05, 0) is 48.4 Å². The molecule has 1 aromatic carbocycles. The number of aryl methyl sites for hydroxylation is 2. The maximum absolute atomic E-state index is 12.5. The Hall–Kier alpha value is -4.80. The zero-order valence-corrected chi connectivity index (χ0v) is 18.4. The van der Waals surface area contributed by atoms with Crippen LogP contribution >= 0.6 is 0 Å². The number of ether oxygens (including phenoxy) is 1. The van der Waals surface area contributed by atoms with Crippen molar-refractivity contribution in [1.29, 1.82) is 0 Å². The molecule has 1 amide bonds. The number of imidazole rings is 1. The van der Waals surface area contributed by atoms with Gasteiger partial charge < -0.3 is 20.4 Å². The molecule has 4 aromatic heterocycles. The Morgan fingerprint density at radius 3 is 2.76 bits per heavy atom. The van der Waals surface area contributed by atoms with E-state index in [1.165, 1.54) is 6.20 Å². The standard InChI is InChI=1S/C23H20N8O3/c1-3-31-18-10-19(26-12-17(18)28-22(31)20-21(24)30-34-29-20)33-16-6-4-5-15(9-16)27-23(32)14-8-7-13(2)25-11-14/h4-12H,3H2,1-2H3,(H2,24,30)(H,27,32). The Morgan fingerprint density at radius 2 is 2.03 bits per heavy atom. The van der Waals surface area contributed by atoms with Gasteiger partial charge in [-0.3, -0.25) is 9.78 Å². The Morgan fingerprint density at radius 1 is 1.15 bits per heavy atom. The van der Waals surface area contributed by atoms with E-state index in [9.17, 15) is 4.79 Å². The molecule has 0 unspecified atom stereocenters. The molecular formula is C23H20N8O3. The molecule has 0 bridgehead atoms. The molecule has 11 heteroatoms. The third kappa shape index (κ3) is 4.01. The van der Waals surface area contributed by atoms with E-state index in [2.05, 4.69) is 30.6 Å². The Balaban J connectivity index is 1.39. The van der Waals surface area contributed by atoms with Gasteiger partial charge in [0.05, 0.1) is 17.3 Å². The molecule has 34 heavy (non-hydrogen) atoms. The van der Waals surface area contributed by atoms with Crippen LogP contribution in [0, 0.1) is 6.92 Å². The smallest absolute Gasteiger partial charge is 0.257 e. The van der Waals surface area contributed by atoms with Crippen molar-refractivity contribution in [2.75, 3.05) is 11.1 Å². The first-order valence-electron chi connectivity index (χ1n) is 10.5. The van der Waals surface area contributed by atoms with Crippen molar-refractivity contribution in [3.63, 3.8) is 0 Å². The molecule has 0 saturated heterocycles. The van der Waals surface area contributed by atoms with E-state index < -0.39 is 0 Å². The predicted molar refractivity (Wildman–Crippen MR) is 124 cm³/mol. The van der Waals surface area contributed by atoms with Crippen LogP contribution in [0.2, 0.25) is 0 Å². The van der Waals surface area contributed by atoms with Gasteiger partial charge >= 0.3 is 0 Å². The van der Waals surface area contributed by atoms with Gasteiger partial charge in [0.25, 0.3) is 5.91 Å². The second-order valence-electron chi connectivity index (χ2n) is 7.46. The maximum Gasteiger partial charge on any atom is 0.257 e. The van der Waals surface area contributed by atoms with E-state index in [1.807, 2.05) is 18.4 Å². The number of nitrogens with zero attached hydrogens (tertiary/aromatic N) is 6. The highest BCUT2D eigenvalue weighted by Gasteiger charge is 2.19. The van der Waals surface area contributed by atoms with Crippen molar-refractivity contribution in [2.45, 2.75) is 20.4 Å². The van der Waals surface area contributed by atoms with Crippen LogP contribution in [-0.2, 0) is 6.54 Å². The maximum atomic E-state index is 12.5. The van der Waals surface area contributed by atoms with Gasteiger partial charge in [0, 0.05) is 36.3 Å². The Bertz CT molecular complexity index is 1490. The summed E-state index contributed by atoms with van der Waals surface area (Å²) in [5.41, 5.74) is 9.55. The summed E-state index contributed by atoms with van der Waals surface area (Å²) in [5, 5.41) is 10.3. The molecular weight excluding hydrogens is 436 g/mol. The Labute approximate surface area is 193 Å². The molecule has 11 nitrogen and oxygen atoms in total. The number of nitrogens with one attached hydrogen (secondary N) is 1. The molecule has 0 aliphatic carbocycles. The number of nitrogens with two attached hydrogens (primary N) is 1. The third-order valence-corrected chi connectivity index (χ3v) is 5.14. The van der Waals surface area contributed by atoms with E-state index in [1.54, 1.807) is 48.7 Å². The van der Waals surface area contributed by atoms with Crippen molar-refractivity contribution < 1.29 is 14.2 Å². The second-order valence-corrected chi connectivity index (χ2v) is 7.46. The number of hydrogen-bond donors (Lipinski definition) is 2. The molecule has 5 rings (SSSR count). The molecule has 0 aliphatic rings. The number of aromatic nitrogens is 6. The zero-order valence-electron chi connectivity index (χ0n) is 18.4. The summed E-state index contributed by atoms with van der Waals surface area (Å²) < 4.78 is 12.6. The minimum absolute atomic E-state index is 0.162. The summed E-state index contributed by atoms with van der Waals surface area (Å²) >= 11 is 0. The number of amides is 1. The van der Waals surface area contributed by atoms with Crippen molar-refractivity contribution in [3.8, 4) is 23.1 Å². The fraction of sp³-hybridized carbons (Fsp3) is 0.130. The number of hydrogen-bond acceptors (Lipinski definition) is 9. The lowest BCUT2D eigenvalue weighted by molar-refractivity contribution is 0.102. The number of pyridine rings is 2. The molecule has 0 saturated carbocycles. The van der Waals surface area contributed by atoms with Crippen LogP contribution in [0.25, 0.3) is 22.6 Å². The van der Waals surface area contributed by atoms with Crippen LogP contribution in [-0.4, -0.2) is 35.7 Å². The van der Waals surface area contributed by atoms with Gasteiger partial charge in [-0.1, -0.05) is 6.07 Å². The van der Waals surface area contributed by atoms with Crippen molar-refractivity contribution in [1.82, 2.24) is 29.8 Å². The molecule has 5 aromatic rings. The van der Waals surface area contributed by atoms with Crippen molar-refractivity contribution >= 4 is 28.4 Å². The number of carbonyl (C=O) groups is 1. The quantitative estimate of drug-likeness (QED) is 0.389. The van der Waals surface area contributed by atoms with E-state index in [4.69, 9.17) is 15.1 Å². The largest absolute Gasteiger partial charge is 0.439 e. The van der Waals surface area contributed by atoms with Crippen LogP contribution in [0.1, 0.15) is 23.0 Å². The van der Waals surface area contributed by atoms with Gasteiger partial charge in [-0.15, -0.1) is 0 Å². The van der Waals surface area contributed by atoms with Gasteiger partial charge in [-0.25, -0.2) is 14.6 Å². The summed E-state index contributed by atoms with van der Waals surface area (Å²) in [6, 6.07) is 12.3. The SMILES string of the molecule is CCn1c(-c2nonc2N)nc2cnc(Oc3cccc(NC(=O)c4ccc(C)nc4)c3)cc21. The lowest BCUT2D eigenvalue weighted by atomic mass is 10.2. The summed E-state index contributed by atoms with van der Waals surface area (Å²) in [6.07, 6.45) is 3.15. The van der Waals surface area contributed by atoms with Crippen molar-refractivity contribution in [2.24, 2.45) is 0 Å². The second kappa shape index (κ2) is 8.62. The summed E-state index contributed by atoms with van der Waals surface area (Å²) in [4.78, 5) is 25.6. The molecule has 3 N–H and O–H groups in total. The summed E-state index contributed by atoms with van der Waals surface area (Å²) in [7, 11) is 0. The average Bonchev–Trinajstić information content (AvgIpc) is 3.42. The first-order chi connectivity index (χ1) is 16.5. The van der Waals surface area contributed by atoms with E-state index in [-0.39, 0.29) is 11.7 Å². The normalized spacial score (nSPS) is 11.0. The molecule has 4 heterocycles. The van der Waals surface area contributed by atoms with Crippen LogP contribution < -0.4 is 15.8 Å². The highest BCUT2D eigenvalue weighted by molar-refractivity contribution is 6.04. The highest BCUT2D eigenvalue weighted by atomic mass is 16.6. The van der Waals surface area contributed by atoms with Gasteiger partial charge in [-0.2, -0.15) is 0 Å². The number of benzene rings is 1. The molecule has 170 valence electrons. The first kappa shape index (κ1) is 21.1. The van der Waals surface area contributed by atoms with Gasteiger partial charge in [0.1, 0.15) is 11.3 Å². The number of rotatable bonds is 6. The van der Waals surface area contributed by atoms with Crippen LogP contribution in [0.4, 0.5) is 11.5 Å². The molecule has 0 aliphatic heterocycles. The topological polar surface area (TPSA) is 147 Å². The number of carbonyl (C=O) groups excluding carboxylic acids is 1. The van der Waals surface area contributed by atoms with E-state index >= 15 is 0 Å². The number of fused-ring (bicyclic) bond motifs is 1. The monoisotopic (exact) mass is 456 g/mol. The predicted octanol–water partition coefficient (Wildman–Crippen LogP) is 3.83. The third-order valence-electron chi connectivity index (χ3n) is 5.14. The average molecular weight is 456 g/mol. The molecule has 0 fully saturated rings. The molecule has 0 spiro atoms. The fourth-order valence-electron chi connectivity index (χ4n) is 3.48. The van der Waals surface area contributed by atoms with Gasteiger partial charge in [0.15, 0.2) is 17.3 Å². The fourth-order valence-corrected chi connectivity index (χ4v) is 3.48. The Kier molecular flexibility index (Phi) is 5.34. The summed E-state index contributed by atoms with van der Waals surface area (Å²) in [5.74, 6) is 1.32. The number of nitrogen functional groups attached to an aromatic ring is 1. The molecule has 0 radical (unpaired) electrons. The minimum atomic E-state index is -0.259. The summed E-state index contributed by atoms with van der Waals surface area (Å²) in [6.45, 7) is 4.45. The van der Waals surface area contributed by atoms with Gasteiger partial charge in [0.2, 0.25) is 5.88 Å². The lowest BCUT2D eigenvalue weighted by Crippen LogP contribution is -2.12. The first-order valence-corrected chi connectivity index (χ1v) is 10.5. The minimum Gasteiger partial charge on any atom is -0.439 e. The highest BCUT2D eigenvalue weighted by Crippen LogP contribution is 2.30. The zero-order chi connectivity index (χ0) is 23.7. The number of anilines is 2. The van der Waals surface area contributed by atoms with E-state index in [0.29, 0.717) is 46.5 Å². The van der Waals surface area contributed by atoms with Crippen molar-refractivity contribution in [3.05, 3.63) is 66.1 Å². The van der Waals surface area contributed by atoms with Crippen LogP contribution in [0.5, 0.6) is 11.6 Å².